The van der Waals surface area contributed by atoms with Gasteiger partial charge in [-0.1, -0.05) is 11.3 Å². The number of rotatable bonds is 4. The summed E-state index contributed by atoms with van der Waals surface area (Å²) in [6, 6.07) is 6.84. The van der Waals surface area contributed by atoms with Crippen LogP contribution in [-0.4, -0.2) is 66.8 Å². The Morgan fingerprint density at radius 1 is 1.12 bits per heavy atom. The lowest BCUT2D eigenvalue weighted by atomic mass is 9.98. The van der Waals surface area contributed by atoms with Crippen LogP contribution in [0.5, 0.6) is 0 Å². The van der Waals surface area contributed by atoms with Gasteiger partial charge < -0.3 is 10.2 Å². The van der Waals surface area contributed by atoms with Crippen LogP contribution in [0.25, 0.3) is 0 Å². The lowest BCUT2D eigenvalue weighted by molar-refractivity contribution is 0.0593. The van der Waals surface area contributed by atoms with Gasteiger partial charge in [-0.3, -0.25) is 14.8 Å². The fourth-order valence-corrected chi connectivity index (χ4v) is 4.79. The number of aromatic nitrogens is 5. The first-order valence-corrected chi connectivity index (χ1v) is 11.1. The van der Waals surface area contributed by atoms with E-state index < -0.39 is 0 Å². The minimum atomic E-state index is -0.0431. The molecule has 0 saturated carbocycles. The van der Waals surface area contributed by atoms with Gasteiger partial charge in [0.05, 0.1) is 11.9 Å². The minimum absolute atomic E-state index is 0.0431. The number of anilines is 2. The molecule has 0 radical (unpaired) electrons. The van der Waals surface area contributed by atoms with E-state index in [0.29, 0.717) is 17.7 Å². The van der Waals surface area contributed by atoms with Crippen molar-refractivity contribution in [3.8, 4) is 0 Å². The molecule has 1 aromatic carbocycles. The molecule has 4 heterocycles. The van der Waals surface area contributed by atoms with Gasteiger partial charge in [-0.05, 0) is 49.9 Å². The van der Waals surface area contributed by atoms with Gasteiger partial charge in [0.15, 0.2) is 5.69 Å². The van der Waals surface area contributed by atoms with E-state index in [1.165, 1.54) is 16.7 Å². The van der Waals surface area contributed by atoms with Gasteiger partial charge in [-0.2, -0.15) is 0 Å². The number of nitrogens with zero attached hydrogens (tertiary/aromatic N) is 6. The van der Waals surface area contributed by atoms with Crippen LogP contribution >= 0.6 is 0 Å². The molecule has 166 valence electrons. The molecule has 0 atom stereocenters. The normalized spacial score (nSPS) is 17.2. The molecule has 2 aliphatic heterocycles. The average molecular weight is 433 g/mol. The zero-order valence-electron chi connectivity index (χ0n) is 18.5. The first-order valence-electron chi connectivity index (χ1n) is 11.1. The van der Waals surface area contributed by atoms with Crippen LogP contribution in [0.4, 0.5) is 11.6 Å². The summed E-state index contributed by atoms with van der Waals surface area (Å²) in [5.41, 5.74) is 6.17. The molecule has 0 aliphatic carbocycles. The Kier molecular flexibility index (Phi) is 5.57. The van der Waals surface area contributed by atoms with Crippen LogP contribution in [0.15, 0.2) is 30.6 Å². The van der Waals surface area contributed by atoms with Gasteiger partial charge in [0.25, 0.3) is 5.91 Å². The molecule has 0 unspecified atom stereocenters. The Morgan fingerprint density at radius 2 is 1.91 bits per heavy atom. The highest BCUT2D eigenvalue weighted by atomic mass is 16.2. The van der Waals surface area contributed by atoms with Crippen LogP contribution in [0.2, 0.25) is 0 Å². The fraction of sp³-hybridized carbons (Fsp3) is 0.435. The predicted molar refractivity (Wildman–Crippen MR) is 121 cm³/mol. The Balaban J connectivity index is 1.20. The molecule has 2 aromatic heterocycles. The molecule has 2 N–H and O–H groups in total. The zero-order valence-corrected chi connectivity index (χ0v) is 18.5. The van der Waals surface area contributed by atoms with Gasteiger partial charge in [0.2, 0.25) is 5.95 Å². The molecule has 0 bridgehead atoms. The van der Waals surface area contributed by atoms with E-state index in [1.807, 2.05) is 11.1 Å². The molecule has 3 aromatic rings. The molecule has 9 heteroatoms. The second-order valence-corrected chi connectivity index (χ2v) is 8.77. The van der Waals surface area contributed by atoms with Gasteiger partial charge in [-0.25, -0.2) is 9.97 Å². The Labute approximate surface area is 187 Å². The monoisotopic (exact) mass is 432 g/mol. The van der Waals surface area contributed by atoms with Crippen LogP contribution in [0, 0.1) is 13.8 Å². The largest absolute Gasteiger partial charge is 0.337 e. The highest BCUT2D eigenvalue weighted by Crippen LogP contribution is 2.26. The van der Waals surface area contributed by atoms with Crippen molar-refractivity contribution >= 4 is 17.5 Å². The summed E-state index contributed by atoms with van der Waals surface area (Å²) < 4.78 is 0. The second kappa shape index (κ2) is 8.66. The number of carbonyl (C=O) groups is 1. The highest BCUT2D eigenvalue weighted by Gasteiger charge is 2.30. The molecule has 9 nitrogen and oxygen atoms in total. The maximum atomic E-state index is 12.5. The van der Waals surface area contributed by atoms with Crippen molar-refractivity contribution in [1.82, 2.24) is 35.2 Å². The third-order valence-corrected chi connectivity index (χ3v) is 6.35. The molecule has 1 fully saturated rings. The third-order valence-electron chi connectivity index (χ3n) is 6.35. The number of benzene rings is 1. The molecular formula is C23H28N8O. The van der Waals surface area contributed by atoms with Crippen LogP contribution < -0.4 is 5.32 Å². The molecule has 0 spiro atoms. The second-order valence-electron chi connectivity index (χ2n) is 8.77. The van der Waals surface area contributed by atoms with Crippen molar-refractivity contribution in [3.05, 3.63) is 58.7 Å². The summed E-state index contributed by atoms with van der Waals surface area (Å²) in [7, 11) is 0. The van der Waals surface area contributed by atoms with Gasteiger partial charge >= 0.3 is 0 Å². The van der Waals surface area contributed by atoms with E-state index in [1.54, 1.807) is 6.20 Å². The van der Waals surface area contributed by atoms with E-state index >= 15 is 0 Å². The summed E-state index contributed by atoms with van der Waals surface area (Å²) in [6.45, 7) is 7.52. The number of hydrogen-bond acceptors (Lipinski definition) is 7. The van der Waals surface area contributed by atoms with Crippen molar-refractivity contribution < 1.29 is 4.79 Å². The number of H-pyrrole nitrogens is 1. The summed E-state index contributed by atoms with van der Waals surface area (Å²) in [5, 5.41) is 13.4. The van der Waals surface area contributed by atoms with Gasteiger partial charge in [0, 0.05) is 56.1 Å². The standard InChI is InChI=1S/C23H28N8O/c1-15-9-16(2)11-18(10-15)26-23-24-12-17-14-31(8-5-20(17)27-23)19-3-6-30(7-4-19)22(32)21-13-25-29-28-21/h9-13,19H,3-8,14H2,1-2H3,(H,24,26,27)(H,25,28,29). The van der Waals surface area contributed by atoms with E-state index in [9.17, 15) is 4.79 Å². The summed E-state index contributed by atoms with van der Waals surface area (Å²) in [6.07, 6.45) is 6.36. The number of piperidine rings is 1. The van der Waals surface area contributed by atoms with E-state index in [-0.39, 0.29) is 5.91 Å². The highest BCUT2D eigenvalue weighted by molar-refractivity contribution is 5.91. The van der Waals surface area contributed by atoms with E-state index in [0.717, 1.165) is 56.8 Å². The smallest absolute Gasteiger partial charge is 0.276 e. The third kappa shape index (κ3) is 4.34. The lowest BCUT2D eigenvalue weighted by Crippen LogP contribution is -2.48. The Bertz CT molecular complexity index is 1080. The number of aromatic amines is 1. The number of fused-ring (bicyclic) bond motifs is 1. The number of carbonyl (C=O) groups excluding carboxylic acids is 1. The molecule has 1 saturated heterocycles. The number of hydrogen-bond donors (Lipinski definition) is 2. The summed E-state index contributed by atoms with van der Waals surface area (Å²) in [4.78, 5) is 26.2. The van der Waals surface area contributed by atoms with Crippen LogP contribution in [0.1, 0.15) is 45.7 Å². The van der Waals surface area contributed by atoms with Crippen molar-refractivity contribution in [3.63, 3.8) is 0 Å². The first kappa shape index (κ1) is 20.6. The van der Waals surface area contributed by atoms with Crippen molar-refractivity contribution in [1.29, 1.82) is 0 Å². The minimum Gasteiger partial charge on any atom is -0.337 e. The molecule has 2 aliphatic rings. The zero-order chi connectivity index (χ0) is 22.1. The summed E-state index contributed by atoms with van der Waals surface area (Å²) >= 11 is 0. The molecule has 5 rings (SSSR count). The van der Waals surface area contributed by atoms with Crippen molar-refractivity contribution in [2.45, 2.75) is 45.7 Å². The summed E-state index contributed by atoms with van der Waals surface area (Å²) in [5.74, 6) is 0.611. The van der Waals surface area contributed by atoms with Crippen LogP contribution in [0.3, 0.4) is 0 Å². The number of aryl methyl sites for hydroxylation is 2. The average Bonchev–Trinajstić information content (AvgIpc) is 3.33. The van der Waals surface area contributed by atoms with E-state index in [2.05, 4.69) is 62.7 Å². The quantitative estimate of drug-likeness (QED) is 0.653. The Morgan fingerprint density at radius 3 is 2.62 bits per heavy atom. The molecular weight excluding hydrogens is 404 g/mol. The number of amides is 1. The van der Waals surface area contributed by atoms with Crippen LogP contribution in [-0.2, 0) is 13.0 Å². The van der Waals surface area contributed by atoms with E-state index in [4.69, 9.17) is 4.98 Å². The lowest BCUT2D eigenvalue weighted by Gasteiger charge is -2.40. The molecule has 1 amide bonds. The maximum absolute atomic E-state index is 12.5. The first-order chi connectivity index (χ1) is 15.5. The number of nitrogens with one attached hydrogen (secondary N) is 2. The SMILES string of the molecule is Cc1cc(C)cc(Nc2ncc3c(n2)CCN(C2CCN(C(=O)c4c[nH]nn4)CC2)C3)c1. The van der Waals surface area contributed by atoms with Crippen molar-refractivity contribution in [2.75, 3.05) is 25.0 Å². The van der Waals surface area contributed by atoms with Gasteiger partial charge in [0.1, 0.15) is 0 Å². The molecule has 32 heavy (non-hydrogen) atoms. The Hall–Kier alpha value is -3.33. The predicted octanol–water partition coefficient (Wildman–Crippen LogP) is 2.62. The fourth-order valence-electron chi connectivity index (χ4n) is 4.79. The topological polar surface area (TPSA) is 103 Å². The maximum Gasteiger partial charge on any atom is 0.276 e. The van der Waals surface area contributed by atoms with Crippen molar-refractivity contribution in [2.24, 2.45) is 0 Å². The number of likely N-dealkylation sites (tertiary alicyclic amines) is 1. The van der Waals surface area contributed by atoms with Gasteiger partial charge in [-0.15, -0.1) is 5.10 Å².